The topological polar surface area (TPSA) is 114 Å². The van der Waals surface area contributed by atoms with Gasteiger partial charge in [-0.05, 0) is 48.9 Å². The van der Waals surface area contributed by atoms with Gasteiger partial charge < -0.3 is 14.8 Å². The molecule has 0 aromatic carbocycles. The molecule has 2 rings (SSSR count). The molecule has 29 heavy (non-hydrogen) atoms. The summed E-state index contributed by atoms with van der Waals surface area (Å²) in [4.78, 5) is 3.89. The Morgan fingerprint density at radius 2 is 1.34 bits per heavy atom. The van der Waals surface area contributed by atoms with E-state index in [0.717, 1.165) is 25.7 Å². The van der Waals surface area contributed by atoms with E-state index in [2.05, 4.69) is 17.1 Å². The van der Waals surface area contributed by atoms with Crippen LogP contribution >= 0.6 is 0 Å². The summed E-state index contributed by atoms with van der Waals surface area (Å²) in [5, 5.41) is 17.1. The number of aliphatic hydroxyl groups is 2. The highest BCUT2D eigenvalue weighted by Crippen LogP contribution is 2.20. The Morgan fingerprint density at radius 3 is 1.69 bits per heavy atom. The van der Waals surface area contributed by atoms with E-state index < -0.39 is 15.6 Å². The summed E-state index contributed by atoms with van der Waals surface area (Å²) in [6.07, 6.45) is 11.2. The number of pyridine rings is 2. The van der Waals surface area contributed by atoms with Crippen LogP contribution in [0.1, 0.15) is 24.0 Å². The molecule has 0 aliphatic heterocycles. The largest absolute Gasteiger partial charge is 0.741 e. The van der Waals surface area contributed by atoms with Gasteiger partial charge in [0.2, 0.25) is 0 Å². The molecule has 11 heteroatoms. The van der Waals surface area contributed by atoms with Crippen LogP contribution in [0.4, 0.5) is 13.2 Å². The molecule has 164 valence electrons. The van der Waals surface area contributed by atoms with Crippen molar-refractivity contribution >= 4 is 10.1 Å². The molecule has 0 fully saturated rings. The second kappa shape index (κ2) is 14.0. The predicted octanol–water partition coefficient (Wildman–Crippen LogP) is 1.49. The van der Waals surface area contributed by atoms with Gasteiger partial charge in [0, 0.05) is 37.7 Å². The highest BCUT2D eigenvalue weighted by atomic mass is 32.2. The standard InChI is InChI=1S/C9H14NO.C8H11NO.CHF3O3S/c1-10-6-4-9(5-7-10)3-2-8-11;10-7-1-2-8-3-5-9-6-4-8;2-1(3,4)8(5,6)7/h4-7,11H,2-3,8H2,1H3;3-6,10H,1-2,7H2;(H,5,6,7)/q+1;;/p-1. The molecule has 0 saturated carbocycles. The highest BCUT2D eigenvalue weighted by molar-refractivity contribution is 7.86. The first-order valence-electron chi connectivity index (χ1n) is 8.58. The zero-order valence-corrected chi connectivity index (χ0v) is 16.7. The van der Waals surface area contributed by atoms with E-state index in [0.29, 0.717) is 0 Å². The number of nitrogens with zero attached hydrogens (tertiary/aromatic N) is 2. The van der Waals surface area contributed by atoms with E-state index in [1.54, 1.807) is 12.4 Å². The number of hydrogen-bond acceptors (Lipinski definition) is 6. The molecule has 0 atom stereocenters. The van der Waals surface area contributed by atoms with Gasteiger partial charge in [0.15, 0.2) is 22.5 Å². The lowest BCUT2D eigenvalue weighted by Crippen LogP contribution is -2.25. The van der Waals surface area contributed by atoms with E-state index >= 15 is 0 Å². The molecule has 0 amide bonds. The molecule has 2 aromatic rings. The average molecular weight is 438 g/mol. The van der Waals surface area contributed by atoms with Crippen molar-refractivity contribution in [3.8, 4) is 0 Å². The third kappa shape index (κ3) is 13.7. The summed E-state index contributed by atoms with van der Waals surface area (Å²) in [6, 6.07) is 8.09. The second-order valence-electron chi connectivity index (χ2n) is 5.78. The quantitative estimate of drug-likeness (QED) is 0.401. The molecule has 0 aliphatic rings. The molecule has 7 nitrogen and oxygen atoms in total. The Hall–Kier alpha value is -2.08. The molecule has 2 aromatic heterocycles. The van der Waals surface area contributed by atoms with Crippen LogP contribution in [0.3, 0.4) is 0 Å². The van der Waals surface area contributed by atoms with Gasteiger partial charge in [-0.2, -0.15) is 13.2 Å². The van der Waals surface area contributed by atoms with Crippen molar-refractivity contribution in [2.45, 2.75) is 31.2 Å². The molecular weight excluding hydrogens is 413 g/mol. The maximum absolute atomic E-state index is 10.7. The Bertz CT molecular complexity index is 770. The first-order chi connectivity index (χ1) is 13.5. The molecule has 0 aliphatic carbocycles. The lowest BCUT2D eigenvalue weighted by Gasteiger charge is -2.08. The van der Waals surface area contributed by atoms with Crippen molar-refractivity contribution in [1.82, 2.24) is 4.98 Å². The number of aryl methyl sites for hydroxylation is 3. The van der Waals surface area contributed by atoms with Gasteiger partial charge in [-0.3, -0.25) is 4.98 Å². The molecular formula is C18H25F3N2O5S. The maximum atomic E-state index is 10.7. The zero-order valence-electron chi connectivity index (χ0n) is 15.9. The van der Waals surface area contributed by atoms with Crippen LogP contribution in [0, 0.1) is 0 Å². The van der Waals surface area contributed by atoms with Crippen molar-refractivity contribution in [2.75, 3.05) is 13.2 Å². The van der Waals surface area contributed by atoms with Crippen LogP contribution < -0.4 is 4.57 Å². The summed E-state index contributed by atoms with van der Waals surface area (Å²) in [6.45, 7) is 0.545. The molecule has 2 heterocycles. The third-order valence-electron chi connectivity index (χ3n) is 3.33. The summed E-state index contributed by atoms with van der Waals surface area (Å²) in [5.74, 6) is 0. The van der Waals surface area contributed by atoms with Crippen LogP contribution in [-0.4, -0.2) is 46.9 Å². The average Bonchev–Trinajstić information content (AvgIpc) is 2.66. The molecule has 0 radical (unpaired) electrons. The number of halogens is 3. The SMILES string of the molecule is C[n+]1ccc(CCCO)cc1.O=S(=O)([O-])C(F)(F)F.OCCCc1ccncc1. The van der Waals surface area contributed by atoms with E-state index in [1.165, 1.54) is 11.1 Å². The first-order valence-corrected chi connectivity index (χ1v) is 9.99. The molecule has 0 saturated heterocycles. The van der Waals surface area contributed by atoms with Gasteiger partial charge in [0.25, 0.3) is 0 Å². The Labute approximate surface area is 168 Å². The van der Waals surface area contributed by atoms with Gasteiger partial charge >= 0.3 is 5.51 Å². The minimum Gasteiger partial charge on any atom is -0.741 e. The van der Waals surface area contributed by atoms with Gasteiger partial charge in [-0.1, -0.05) is 0 Å². The Kier molecular flexibility index (Phi) is 13.0. The van der Waals surface area contributed by atoms with Crippen molar-refractivity contribution in [1.29, 1.82) is 0 Å². The fourth-order valence-electron chi connectivity index (χ4n) is 1.81. The lowest BCUT2D eigenvalue weighted by molar-refractivity contribution is -0.671. The minimum absolute atomic E-state index is 0.266. The molecule has 0 unspecified atom stereocenters. The van der Waals surface area contributed by atoms with Gasteiger partial charge in [0.05, 0.1) is 0 Å². The van der Waals surface area contributed by atoms with Crippen molar-refractivity contribution < 1.29 is 40.9 Å². The van der Waals surface area contributed by atoms with E-state index in [1.807, 2.05) is 36.1 Å². The fourth-order valence-corrected chi connectivity index (χ4v) is 1.81. The van der Waals surface area contributed by atoms with Crippen LogP contribution in [-0.2, 0) is 30.0 Å². The lowest BCUT2D eigenvalue weighted by atomic mass is 10.1. The molecule has 0 bridgehead atoms. The minimum atomic E-state index is -6.09. The molecule has 0 spiro atoms. The van der Waals surface area contributed by atoms with E-state index in [-0.39, 0.29) is 13.2 Å². The highest BCUT2D eigenvalue weighted by Gasteiger charge is 2.36. The van der Waals surface area contributed by atoms with Crippen LogP contribution in [0.25, 0.3) is 0 Å². The smallest absolute Gasteiger partial charge is 0.485 e. The third-order valence-corrected chi connectivity index (χ3v) is 3.89. The van der Waals surface area contributed by atoms with Crippen LogP contribution in [0.15, 0.2) is 49.1 Å². The Balaban J connectivity index is 0.000000412. The van der Waals surface area contributed by atoms with Crippen molar-refractivity contribution in [2.24, 2.45) is 7.05 Å². The van der Waals surface area contributed by atoms with Crippen molar-refractivity contribution in [3.05, 3.63) is 60.2 Å². The number of hydrogen-bond donors (Lipinski definition) is 2. The first kappa shape index (κ1) is 26.9. The summed E-state index contributed by atoms with van der Waals surface area (Å²) in [7, 11) is -4.09. The van der Waals surface area contributed by atoms with Gasteiger partial charge in [-0.25, -0.2) is 13.0 Å². The number of alkyl halides is 3. The second-order valence-corrected chi connectivity index (χ2v) is 7.15. The van der Waals surface area contributed by atoms with Gasteiger partial charge in [0.1, 0.15) is 7.05 Å². The normalized spacial score (nSPS) is 11.0. The van der Waals surface area contributed by atoms with E-state index in [4.69, 9.17) is 23.2 Å². The maximum Gasteiger partial charge on any atom is 0.485 e. The predicted molar refractivity (Wildman–Crippen MR) is 98.4 cm³/mol. The monoisotopic (exact) mass is 438 g/mol. The number of aromatic nitrogens is 2. The summed E-state index contributed by atoms with van der Waals surface area (Å²) >= 11 is 0. The van der Waals surface area contributed by atoms with E-state index in [9.17, 15) is 13.2 Å². The van der Waals surface area contributed by atoms with Crippen molar-refractivity contribution in [3.63, 3.8) is 0 Å². The fraction of sp³-hybridized carbons (Fsp3) is 0.444. The number of aliphatic hydroxyl groups excluding tert-OH is 2. The van der Waals surface area contributed by atoms with Crippen LogP contribution in [0.2, 0.25) is 0 Å². The summed E-state index contributed by atoms with van der Waals surface area (Å²) < 4.78 is 60.9. The zero-order chi connectivity index (χ0) is 22.3. The number of rotatable bonds is 6. The van der Waals surface area contributed by atoms with Crippen LogP contribution in [0.5, 0.6) is 0 Å². The Morgan fingerprint density at radius 1 is 0.966 bits per heavy atom. The molecule has 2 N–H and O–H groups in total. The summed E-state index contributed by atoms with van der Waals surface area (Å²) in [5.41, 5.74) is -3.12. The van der Waals surface area contributed by atoms with Gasteiger partial charge in [-0.15, -0.1) is 0 Å².